The number of carbonyl (C=O) groups is 3. The van der Waals surface area contributed by atoms with Gasteiger partial charge in [0.25, 0.3) is 0 Å². The van der Waals surface area contributed by atoms with Crippen molar-refractivity contribution in [2.45, 2.75) is 62.9 Å². The molecular formula is C31H38N6O5S. The Morgan fingerprint density at radius 2 is 1.91 bits per heavy atom. The van der Waals surface area contributed by atoms with Gasteiger partial charge in [-0.05, 0) is 61.6 Å². The second kappa shape index (κ2) is 11.5. The molecule has 11 nitrogen and oxygen atoms in total. The first-order valence-corrected chi connectivity index (χ1v) is 15.8. The number of aliphatic hydroxyl groups excluding tert-OH is 1. The Balaban J connectivity index is 1.31. The second-order valence-electron chi connectivity index (χ2n) is 12.0. The predicted octanol–water partition coefficient (Wildman–Crippen LogP) is 2.90. The fraction of sp³-hybridized carbons (Fsp3) is 0.516. The molecule has 228 valence electrons. The van der Waals surface area contributed by atoms with Crippen LogP contribution in [0.5, 0.6) is 5.75 Å². The number of hydrogen-bond acceptors (Lipinski definition) is 8. The number of aromatic nitrogens is 3. The van der Waals surface area contributed by atoms with Gasteiger partial charge in [-0.3, -0.25) is 14.4 Å². The van der Waals surface area contributed by atoms with E-state index in [9.17, 15) is 19.5 Å². The lowest BCUT2D eigenvalue weighted by molar-refractivity contribution is -0.143. The molecule has 3 fully saturated rings. The van der Waals surface area contributed by atoms with Crippen molar-refractivity contribution in [3.05, 3.63) is 48.5 Å². The summed E-state index contributed by atoms with van der Waals surface area (Å²) >= 11 is 1.60. The Labute approximate surface area is 254 Å². The number of benzene rings is 2. The number of para-hydroxylation sites is 1. The van der Waals surface area contributed by atoms with Gasteiger partial charge >= 0.3 is 0 Å². The first kappa shape index (κ1) is 29.4. The minimum atomic E-state index is -0.854. The van der Waals surface area contributed by atoms with Crippen LogP contribution >= 0.6 is 11.8 Å². The van der Waals surface area contributed by atoms with Gasteiger partial charge in [-0.15, -0.1) is 16.9 Å². The zero-order valence-electron chi connectivity index (χ0n) is 24.8. The summed E-state index contributed by atoms with van der Waals surface area (Å²) in [6, 6.07) is 13.2. The van der Waals surface area contributed by atoms with Crippen molar-refractivity contribution in [1.29, 1.82) is 0 Å². The monoisotopic (exact) mass is 606 g/mol. The summed E-state index contributed by atoms with van der Waals surface area (Å²) in [4.78, 5) is 44.1. The molecule has 3 saturated heterocycles. The molecule has 0 saturated carbocycles. The molecule has 0 aliphatic carbocycles. The third-order valence-corrected chi connectivity index (χ3v) is 11.4. The van der Waals surface area contributed by atoms with Crippen molar-refractivity contribution in [3.8, 4) is 5.75 Å². The Bertz CT molecular complexity index is 1530. The van der Waals surface area contributed by atoms with E-state index in [1.165, 1.54) is 0 Å². The van der Waals surface area contributed by atoms with Gasteiger partial charge in [0.2, 0.25) is 17.7 Å². The number of nitrogens with zero attached hydrogens (tertiary/aromatic N) is 4. The molecule has 0 radical (unpaired) electrons. The SMILES string of the molecule is CCOc1ccc(NC(=O)[C@@H]2[C@H]3C(=O)N([C@@H](CO)C(C)C)C(C(=O)NCn4nnc5ccccc54)C34S[C@@H]2CC4C)cc1. The Kier molecular flexibility index (Phi) is 7.84. The van der Waals surface area contributed by atoms with Crippen molar-refractivity contribution in [2.24, 2.45) is 23.7 Å². The molecule has 3 unspecified atom stereocenters. The van der Waals surface area contributed by atoms with E-state index < -0.39 is 28.7 Å². The molecule has 12 heteroatoms. The maximum atomic E-state index is 14.4. The van der Waals surface area contributed by atoms with Crippen LogP contribution < -0.4 is 15.4 Å². The summed E-state index contributed by atoms with van der Waals surface area (Å²) in [5.41, 5.74) is 2.12. The van der Waals surface area contributed by atoms with Gasteiger partial charge < -0.3 is 25.4 Å². The van der Waals surface area contributed by atoms with E-state index in [1.807, 2.05) is 45.0 Å². The van der Waals surface area contributed by atoms with Crippen molar-refractivity contribution in [1.82, 2.24) is 25.2 Å². The smallest absolute Gasteiger partial charge is 0.245 e. The Hall–Kier alpha value is -3.64. The van der Waals surface area contributed by atoms with Crippen LogP contribution in [0, 0.1) is 23.7 Å². The number of rotatable bonds is 10. The third kappa shape index (κ3) is 4.75. The van der Waals surface area contributed by atoms with Crippen LogP contribution in [0.3, 0.4) is 0 Å². The second-order valence-corrected chi connectivity index (χ2v) is 13.6. The van der Waals surface area contributed by atoms with Gasteiger partial charge in [-0.1, -0.05) is 38.1 Å². The molecular weight excluding hydrogens is 568 g/mol. The Morgan fingerprint density at radius 1 is 1.16 bits per heavy atom. The van der Waals surface area contributed by atoms with Crippen LogP contribution in [0.1, 0.15) is 34.1 Å². The topological polar surface area (TPSA) is 139 Å². The summed E-state index contributed by atoms with van der Waals surface area (Å²) in [6.07, 6.45) is 0.715. The lowest BCUT2D eigenvalue weighted by Crippen LogP contribution is -2.59. The van der Waals surface area contributed by atoms with E-state index in [0.29, 0.717) is 30.0 Å². The summed E-state index contributed by atoms with van der Waals surface area (Å²) in [6.45, 7) is 8.19. The minimum Gasteiger partial charge on any atom is -0.494 e. The number of amides is 3. The molecule has 43 heavy (non-hydrogen) atoms. The zero-order valence-corrected chi connectivity index (χ0v) is 25.6. The highest BCUT2D eigenvalue weighted by Gasteiger charge is 2.76. The zero-order chi connectivity index (χ0) is 30.5. The van der Waals surface area contributed by atoms with Gasteiger partial charge in [-0.2, -0.15) is 0 Å². The number of likely N-dealkylation sites (tertiary alicyclic amines) is 1. The number of aliphatic hydroxyl groups is 1. The van der Waals surface area contributed by atoms with Gasteiger partial charge in [0.1, 0.15) is 24.0 Å². The molecule has 3 aliphatic rings. The number of fused-ring (bicyclic) bond motifs is 2. The van der Waals surface area contributed by atoms with Crippen LogP contribution in [-0.4, -0.2) is 78.0 Å². The number of thioether (sulfide) groups is 1. The molecule has 1 spiro atoms. The highest BCUT2D eigenvalue weighted by atomic mass is 32.2. The van der Waals surface area contributed by atoms with Crippen LogP contribution in [0.4, 0.5) is 5.69 Å². The van der Waals surface area contributed by atoms with Gasteiger partial charge in [-0.25, -0.2) is 4.68 Å². The molecule has 2 aromatic carbocycles. The molecule has 2 bridgehead atoms. The number of nitrogens with one attached hydrogen (secondary N) is 2. The molecule has 3 aromatic rings. The molecule has 3 amide bonds. The lowest BCUT2D eigenvalue weighted by Gasteiger charge is -2.40. The van der Waals surface area contributed by atoms with Crippen molar-refractivity contribution >= 4 is 46.2 Å². The summed E-state index contributed by atoms with van der Waals surface area (Å²) in [5.74, 6) is -1.47. The number of carbonyl (C=O) groups excluding carboxylic acids is 3. The van der Waals surface area contributed by atoms with Crippen LogP contribution in [0.25, 0.3) is 11.0 Å². The fourth-order valence-electron chi connectivity index (χ4n) is 7.35. The van der Waals surface area contributed by atoms with Crippen LogP contribution in [0.15, 0.2) is 48.5 Å². The van der Waals surface area contributed by atoms with Gasteiger partial charge in [0, 0.05) is 10.9 Å². The van der Waals surface area contributed by atoms with E-state index in [0.717, 1.165) is 5.52 Å². The van der Waals surface area contributed by atoms with Gasteiger partial charge in [0.15, 0.2) is 0 Å². The molecule has 3 N–H and O–H groups in total. The summed E-state index contributed by atoms with van der Waals surface area (Å²) in [7, 11) is 0. The molecule has 3 aliphatic heterocycles. The first-order chi connectivity index (χ1) is 20.7. The van der Waals surface area contributed by atoms with Crippen molar-refractivity contribution in [2.75, 3.05) is 18.5 Å². The van der Waals surface area contributed by atoms with E-state index in [4.69, 9.17) is 4.74 Å². The number of anilines is 1. The standard InChI is InChI=1S/C31H38N6O5S/c1-5-42-20-12-10-19(11-13-20)33-28(39)25-24-14-18(4)31(43-24)26(25)30(41)37(23(15-38)17(2)3)27(31)29(40)32-16-36-22-9-7-6-8-21(22)34-35-36/h6-13,17-18,23-27,38H,5,14-16H2,1-4H3,(H,32,40)(H,33,39)/t18?,23-,24+,25-,26-,27?,31?/m0/s1. The Morgan fingerprint density at radius 3 is 2.60 bits per heavy atom. The molecule has 4 heterocycles. The van der Waals surface area contributed by atoms with Crippen molar-refractivity contribution < 1.29 is 24.2 Å². The van der Waals surface area contributed by atoms with E-state index in [2.05, 4.69) is 27.9 Å². The van der Waals surface area contributed by atoms with E-state index in [-0.39, 0.29) is 48.1 Å². The maximum absolute atomic E-state index is 14.4. The minimum absolute atomic E-state index is 0.00503. The average Bonchev–Trinajstić information content (AvgIpc) is 3.71. The van der Waals surface area contributed by atoms with E-state index >= 15 is 0 Å². The average molecular weight is 607 g/mol. The predicted molar refractivity (Wildman–Crippen MR) is 163 cm³/mol. The first-order valence-electron chi connectivity index (χ1n) is 14.9. The number of hydrogen-bond donors (Lipinski definition) is 3. The largest absolute Gasteiger partial charge is 0.494 e. The van der Waals surface area contributed by atoms with Crippen LogP contribution in [0.2, 0.25) is 0 Å². The van der Waals surface area contributed by atoms with Crippen LogP contribution in [-0.2, 0) is 21.1 Å². The lowest BCUT2D eigenvalue weighted by atomic mass is 9.66. The highest BCUT2D eigenvalue weighted by molar-refractivity contribution is 8.02. The van der Waals surface area contributed by atoms with Gasteiger partial charge in [0.05, 0.1) is 41.4 Å². The highest BCUT2D eigenvalue weighted by Crippen LogP contribution is 2.69. The van der Waals surface area contributed by atoms with E-state index in [1.54, 1.807) is 45.6 Å². The summed E-state index contributed by atoms with van der Waals surface area (Å²) < 4.78 is 6.33. The molecule has 7 atom stereocenters. The number of ether oxygens (including phenoxy) is 1. The third-order valence-electron chi connectivity index (χ3n) is 9.30. The quantitative estimate of drug-likeness (QED) is 0.320. The molecule has 1 aromatic heterocycles. The molecule has 6 rings (SSSR count). The summed E-state index contributed by atoms with van der Waals surface area (Å²) in [5, 5.41) is 24.8. The maximum Gasteiger partial charge on any atom is 0.245 e. The van der Waals surface area contributed by atoms with Crippen molar-refractivity contribution in [3.63, 3.8) is 0 Å². The normalized spacial score (nSPS) is 28.4. The fourth-order valence-corrected chi connectivity index (χ4v) is 9.76.